The lowest BCUT2D eigenvalue weighted by atomic mass is 9.87. The molecule has 2 aromatic rings. The molecule has 0 radical (unpaired) electrons. The summed E-state index contributed by atoms with van der Waals surface area (Å²) in [6.45, 7) is 3.55. The van der Waals surface area contributed by atoms with E-state index in [4.69, 9.17) is 15.0 Å². The number of rotatable bonds is 7. The Bertz CT molecular complexity index is 837. The molecule has 0 amide bonds. The summed E-state index contributed by atoms with van der Waals surface area (Å²) in [4.78, 5) is 35.9. The lowest BCUT2D eigenvalue weighted by molar-refractivity contribution is -0.752. The molecule has 8 nitrogen and oxygen atoms in total. The normalized spacial score (nSPS) is 11.3. The lowest BCUT2D eigenvalue weighted by Gasteiger charge is -2.17. The number of aromatic nitrogens is 3. The van der Waals surface area contributed by atoms with Crippen LogP contribution in [0.25, 0.3) is 10.6 Å². The van der Waals surface area contributed by atoms with E-state index in [-0.39, 0.29) is 18.6 Å². The SMILES string of the molecule is CC(C)(CC(=O)CC[n+]1ccc(-c2nccs2)cn1)C(=O)O.O=C([O-])C(F)(F)F. The molecule has 2 rings (SSSR count). The number of alkyl halides is 3. The van der Waals surface area contributed by atoms with Crippen LogP contribution in [0.5, 0.6) is 0 Å². The molecular formula is C17H18F3N3O5S. The van der Waals surface area contributed by atoms with Crippen molar-refractivity contribution in [3.05, 3.63) is 30.0 Å². The van der Waals surface area contributed by atoms with Crippen LogP contribution in [-0.2, 0) is 20.9 Å². The van der Waals surface area contributed by atoms with Crippen molar-refractivity contribution in [2.24, 2.45) is 5.41 Å². The van der Waals surface area contributed by atoms with Gasteiger partial charge >= 0.3 is 12.1 Å². The van der Waals surface area contributed by atoms with Gasteiger partial charge in [-0.2, -0.15) is 13.2 Å². The van der Waals surface area contributed by atoms with Crippen LogP contribution in [0.2, 0.25) is 0 Å². The summed E-state index contributed by atoms with van der Waals surface area (Å²) in [5, 5.41) is 24.9. The van der Waals surface area contributed by atoms with Gasteiger partial charge in [0.25, 0.3) is 0 Å². The molecule has 2 heterocycles. The van der Waals surface area contributed by atoms with Crippen molar-refractivity contribution in [3.8, 4) is 10.6 Å². The highest BCUT2D eigenvalue weighted by atomic mass is 32.1. The number of hydrogen-bond donors (Lipinski definition) is 1. The number of aryl methyl sites for hydroxylation is 1. The third kappa shape index (κ3) is 8.34. The van der Waals surface area contributed by atoms with E-state index < -0.39 is 23.5 Å². The Morgan fingerprint density at radius 1 is 1.28 bits per heavy atom. The Kier molecular flexibility index (Phi) is 8.37. The zero-order valence-corrected chi connectivity index (χ0v) is 16.3. The fourth-order valence-corrected chi connectivity index (χ4v) is 2.53. The standard InChI is InChI=1S/C15H17N3O3S.C2HF3O2/c1-15(2,14(20)21)9-12(19)4-7-18-6-3-11(10-17-18)13-16-5-8-22-13;3-2(4,5)1(6)7/h3,5-6,8,10H,4,7,9H2,1-2H3;(H,6,7). The first-order chi connectivity index (χ1) is 13.3. The van der Waals surface area contributed by atoms with Gasteiger partial charge in [-0.15, -0.1) is 11.3 Å². The van der Waals surface area contributed by atoms with Gasteiger partial charge in [0.2, 0.25) is 0 Å². The summed E-state index contributed by atoms with van der Waals surface area (Å²) in [5.74, 6) is -4.04. The zero-order chi connectivity index (χ0) is 22.2. The minimum Gasteiger partial charge on any atom is -0.542 e. The van der Waals surface area contributed by atoms with Gasteiger partial charge in [0.05, 0.1) is 11.8 Å². The number of hydrogen-bond acceptors (Lipinski definition) is 7. The second kappa shape index (κ2) is 10.0. The van der Waals surface area contributed by atoms with Crippen molar-refractivity contribution in [3.63, 3.8) is 0 Å². The van der Waals surface area contributed by atoms with E-state index >= 15 is 0 Å². The fourth-order valence-electron chi connectivity index (χ4n) is 1.91. The van der Waals surface area contributed by atoms with Crippen molar-refractivity contribution >= 4 is 29.1 Å². The molecule has 29 heavy (non-hydrogen) atoms. The van der Waals surface area contributed by atoms with E-state index in [1.54, 1.807) is 37.1 Å². The van der Waals surface area contributed by atoms with Crippen LogP contribution in [0.4, 0.5) is 13.2 Å². The van der Waals surface area contributed by atoms with Crippen molar-refractivity contribution in [2.75, 3.05) is 0 Å². The molecule has 2 aromatic heterocycles. The van der Waals surface area contributed by atoms with E-state index in [0.29, 0.717) is 6.54 Å². The highest BCUT2D eigenvalue weighted by molar-refractivity contribution is 7.13. The van der Waals surface area contributed by atoms with E-state index in [1.807, 2.05) is 11.4 Å². The maximum Gasteiger partial charge on any atom is 0.430 e. The highest BCUT2D eigenvalue weighted by Gasteiger charge is 2.30. The van der Waals surface area contributed by atoms with Crippen LogP contribution < -0.4 is 9.79 Å². The Hall–Kier alpha value is -2.89. The van der Waals surface area contributed by atoms with Crippen LogP contribution in [-0.4, -0.2) is 39.1 Å². The molecule has 158 valence electrons. The molecule has 0 aromatic carbocycles. The minimum atomic E-state index is -5.19. The number of aliphatic carboxylic acids is 2. The van der Waals surface area contributed by atoms with Crippen molar-refractivity contribution in [1.82, 2.24) is 10.1 Å². The van der Waals surface area contributed by atoms with Crippen LogP contribution in [0, 0.1) is 5.41 Å². The molecule has 0 unspecified atom stereocenters. The Morgan fingerprint density at radius 2 is 1.90 bits per heavy atom. The number of carboxylic acids is 2. The average Bonchev–Trinajstić information content (AvgIpc) is 3.14. The topological polar surface area (TPSA) is 124 Å². The minimum absolute atomic E-state index is 0.0279. The summed E-state index contributed by atoms with van der Waals surface area (Å²) in [6.07, 6.45) is 0.353. The van der Waals surface area contributed by atoms with Crippen molar-refractivity contribution in [1.29, 1.82) is 0 Å². The fraction of sp³-hybridized carbons (Fsp3) is 0.412. The second-order valence-corrected chi connectivity index (χ2v) is 7.35. The molecule has 0 aliphatic carbocycles. The monoisotopic (exact) mass is 433 g/mol. The average molecular weight is 433 g/mol. The van der Waals surface area contributed by atoms with Crippen molar-refractivity contribution in [2.45, 2.75) is 39.4 Å². The largest absolute Gasteiger partial charge is 0.542 e. The zero-order valence-electron chi connectivity index (χ0n) is 15.5. The number of thiazole rings is 1. The first-order valence-corrected chi connectivity index (χ1v) is 9.00. The van der Waals surface area contributed by atoms with Gasteiger partial charge in [-0.1, -0.05) is 4.68 Å². The molecular weight excluding hydrogens is 415 g/mol. The summed E-state index contributed by atoms with van der Waals surface area (Å²) in [6, 6.07) is 1.90. The van der Waals surface area contributed by atoms with Crippen LogP contribution >= 0.6 is 11.3 Å². The highest BCUT2D eigenvalue weighted by Crippen LogP contribution is 2.21. The summed E-state index contributed by atoms with van der Waals surface area (Å²) in [5.41, 5.74) is -0.0891. The number of ketones is 1. The number of nitrogens with zero attached hydrogens (tertiary/aromatic N) is 3. The number of carbonyl (C=O) groups excluding carboxylic acids is 2. The molecule has 0 aliphatic heterocycles. The number of Topliss-reactive ketones (excluding diaryl/α,β-unsaturated/α-hetero) is 1. The molecule has 0 spiro atoms. The third-order valence-corrected chi connectivity index (χ3v) is 4.34. The Balaban J connectivity index is 0.000000516. The molecule has 0 saturated heterocycles. The smallest absolute Gasteiger partial charge is 0.430 e. The van der Waals surface area contributed by atoms with E-state index in [9.17, 15) is 22.8 Å². The summed E-state index contributed by atoms with van der Waals surface area (Å²) < 4.78 is 33.2. The number of carboxylic acid groups (broad SMARTS) is 2. The van der Waals surface area contributed by atoms with E-state index in [1.165, 1.54) is 11.3 Å². The molecule has 0 aliphatic rings. The predicted molar refractivity (Wildman–Crippen MR) is 92.3 cm³/mol. The van der Waals surface area contributed by atoms with Gasteiger partial charge in [0.1, 0.15) is 23.0 Å². The molecule has 0 saturated carbocycles. The molecule has 12 heteroatoms. The first-order valence-electron chi connectivity index (χ1n) is 8.12. The molecule has 0 bridgehead atoms. The van der Waals surface area contributed by atoms with Gasteiger partial charge in [-0.05, 0) is 18.9 Å². The summed E-state index contributed by atoms with van der Waals surface area (Å²) >= 11 is 1.54. The predicted octanol–water partition coefficient (Wildman–Crippen LogP) is 1.25. The Labute approximate surface area is 167 Å². The van der Waals surface area contributed by atoms with Gasteiger partial charge < -0.3 is 15.0 Å². The quantitative estimate of drug-likeness (QED) is 0.652. The van der Waals surface area contributed by atoms with Gasteiger partial charge in [-0.3, -0.25) is 9.59 Å². The lowest BCUT2D eigenvalue weighted by Crippen LogP contribution is -2.38. The van der Waals surface area contributed by atoms with Gasteiger partial charge in [0, 0.05) is 29.6 Å². The van der Waals surface area contributed by atoms with Crippen LogP contribution in [0.15, 0.2) is 30.0 Å². The molecule has 1 N–H and O–H groups in total. The molecule has 0 fully saturated rings. The number of carbonyl (C=O) groups is 3. The van der Waals surface area contributed by atoms with Crippen LogP contribution in [0.3, 0.4) is 0 Å². The van der Waals surface area contributed by atoms with E-state index in [0.717, 1.165) is 10.6 Å². The van der Waals surface area contributed by atoms with Crippen molar-refractivity contribution < 1.29 is 42.4 Å². The maximum atomic E-state index is 11.9. The van der Waals surface area contributed by atoms with E-state index in [2.05, 4.69) is 10.1 Å². The van der Waals surface area contributed by atoms with Crippen LogP contribution in [0.1, 0.15) is 26.7 Å². The first kappa shape index (κ1) is 24.1. The number of halogens is 3. The summed E-state index contributed by atoms with van der Waals surface area (Å²) in [7, 11) is 0. The van der Waals surface area contributed by atoms with Gasteiger partial charge in [-0.25, -0.2) is 4.98 Å². The third-order valence-electron chi connectivity index (χ3n) is 3.52. The maximum absolute atomic E-state index is 11.9. The molecule has 0 atom stereocenters. The van der Waals surface area contributed by atoms with Gasteiger partial charge in [0.15, 0.2) is 12.7 Å². The Morgan fingerprint density at radius 3 is 2.31 bits per heavy atom. The second-order valence-electron chi connectivity index (χ2n) is 6.46.